The zero-order valence-electron chi connectivity index (χ0n) is 7.14. The van der Waals surface area contributed by atoms with E-state index in [4.69, 9.17) is 5.11 Å². The third kappa shape index (κ3) is 3.88. The highest BCUT2D eigenvalue weighted by Gasteiger charge is 2.39. The Morgan fingerprint density at radius 3 is 2.31 bits per heavy atom. The van der Waals surface area contributed by atoms with Crippen LogP contribution in [0.3, 0.4) is 0 Å². The lowest BCUT2D eigenvalue weighted by Gasteiger charge is -2.20. The maximum absolute atomic E-state index is 11.1. The average Bonchev–Trinajstić information content (AvgIpc) is 2.03. The lowest BCUT2D eigenvalue weighted by molar-refractivity contribution is -0.152. The average molecular weight is 226 g/mol. The SMILES string of the molecule is CSOC(=O)C(O)(CC(=O)O)SC. The summed E-state index contributed by atoms with van der Waals surface area (Å²) in [5.74, 6) is -2.20. The van der Waals surface area contributed by atoms with Crippen LogP contribution in [0.2, 0.25) is 0 Å². The number of carboxylic acid groups (broad SMARTS) is 1. The van der Waals surface area contributed by atoms with Crippen LogP contribution in [0.25, 0.3) is 0 Å². The molecule has 0 aromatic heterocycles. The Morgan fingerprint density at radius 2 is 2.00 bits per heavy atom. The zero-order chi connectivity index (χ0) is 10.5. The molecule has 7 heteroatoms. The molecule has 0 saturated carbocycles. The van der Waals surface area contributed by atoms with Crippen molar-refractivity contribution in [1.82, 2.24) is 0 Å². The van der Waals surface area contributed by atoms with Crippen molar-refractivity contribution < 1.29 is 24.0 Å². The minimum Gasteiger partial charge on any atom is -0.481 e. The first kappa shape index (κ1) is 12.6. The van der Waals surface area contributed by atoms with Gasteiger partial charge in [-0.2, -0.15) is 0 Å². The highest BCUT2D eigenvalue weighted by Crippen LogP contribution is 2.26. The van der Waals surface area contributed by atoms with Gasteiger partial charge in [-0.3, -0.25) is 4.79 Å². The molecule has 0 aromatic rings. The molecule has 0 rings (SSSR count). The number of carbonyl (C=O) groups is 2. The van der Waals surface area contributed by atoms with Gasteiger partial charge in [-0.15, -0.1) is 11.8 Å². The summed E-state index contributed by atoms with van der Waals surface area (Å²) in [6.45, 7) is 0. The quantitative estimate of drug-likeness (QED) is 0.516. The Balaban J connectivity index is 4.42. The largest absolute Gasteiger partial charge is 0.481 e. The van der Waals surface area contributed by atoms with Crippen molar-refractivity contribution in [2.45, 2.75) is 11.4 Å². The van der Waals surface area contributed by atoms with E-state index in [9.17, 15) is 14.7 Å². The highest BCUT2D eigenvalue weighted by molar-refractivity contribution is 8.00. The topological polar surface area (TPSA) is 83.8 Å². The van der Waals surface area contributed by atoms with Crippen LogP contribution >= 0.6 is 23.8 Å². The maximum atomic E-state index is 11.1. The van der Waals surface area contributed by atoms with Crippen LogP contribution in [0.4, 0.5) is 0 Å². The Bertz CT molecular complexity index is 207. The fraction of sp³-hybridized carbons (Fsp3) is 0.667. The van der Waals surface area contributed by atoms with Gasteiger partial charge in [0, 0.05) is 6.26 Å². The van der Waals surface area contributed by atoms with Gasteiger partial charge >= 0.3 is 11.9 Å². The maximum Gasteiger partial charge on any atom is 0.361 e. The molecule has 2 N–H and O–H groups in total. The minimum atomic E-state index is -1.99. The molecule has 0 aromatic carbocycles. The Hall–Kier alpha value is -0.400. The van der Waals surface area contributed by atoms with Gasteiger partial charge in [0.2, 0.25) is 4.93 Å². The van der Waals surface area contributed by atoms with Crippen LogP contribution in [-0.2, 0) is 13.8 Å². The normalized spacial score (nSPS) is 14.7. The van der Waals surface area contributed by atoms with E-state index in [0.717, 1.165) is 23.8 Å². The van der Waals surface area contributed by atoms with Crippen molar-refractivity contribution >= 4 is 35.7 Å². The molecule has 76 valence electrons. The van der Waals surface area contributed by atoms with Gasteiger partial charge < -0.3 is 14.4 Å². The Morgan fingerprint density at radius 1 is 1.46 bits per heavy atom. The van der Waals surface area contributed by atoms with Crippen molar-refractivity contribution in [3.63, 3.8) is 0 Å². The molecular weight excluding hydrogens is 216 g/mol. The molecule has 13 heavy (non-hydrogen) atoms. The van der Waals surface area contributed by atoms with Gasteiger partial charge in [0.25, 0.3) is 0 Å². The molecule has 5 nitrogen and oxygen atoms in total. The van der Waals surface area contributed by atoms with Gasteiger partial charge in [0.1, 0.15) is 0 Å². The fourth-order valence-electron chi connectivity index (χ4n) is 0.573. The Labute approximate surface area is 84.0 Å². The van der Waals surface area contributed by atoms with E-state index in [1.54, 1.807) is 0 Å². The lowest BCUT2D eigenvalue weighted by Crippen LogP contribution is -2.37. The molecule has 0 heterocycles. The molecule has 1 atom stereocenters. The second-order valence-electron chi connectivity index (χ2n) is 2.10. The van der Waals surface area contributed by atoms with Crippen LogP contribution in [0.15, 0.2) is 0 Å². The minimum absolute atomic E-state index is 0.673. The van der Waals surface area contributed by atoms with Crippen LogP contribution in [-0.4, -0.2) is 39.6 Å². The first-order valence-electron chi connectivity index (χ1n) is 3.20. The lowest BCUT2D eigenvalue weighted by atomic mass is 10.2. The summed E-state index contributed by atoms with van der Waals surface area (Å²) in [4.78, 5) is 19.4. The van der Waals surface area contributed by atoms with Gasteiger partial charge in [-0.05, 0) is 6.26 Å². The third-order valence-electron chi connectivity index (χ3n) is 1.21. The molecule has 0 bridgehead atoms. The number of thioether (sulfide) groups is 1. The molecule has 0 saturated heterocycles. The second kappa shape index (κ2) is 5.36. The number of hydrogen-bond donors (Lipinski definition) is 2. The molecule has 0 aliphatic rings. The predicted octanol–water partition coefficient (Wildman–Crippen LogP) is 0.334. The van der Waals surface area contributed by atoms with Gasteiger partial charge in [-0.25, -0.2) is 4.79 Å². The van der Waals surface area contributed by atoms with Gasteiger partial charge in [0.15, 0.2) is 0 Å². The first-order valence-corrected chi connectivity index (χ1v) is 5.58. The summed E-state index contributed by atoms with van der Waals surface area (Å²) < 4.78 is 4.44. The molecule has 0 amide bonds. The molecule has 0 aliphatic heterocycles. The van der Waals surface area contributed by atoms with E-state index in [1.165, 1.54) is 12.5 Å². The summed E-state index contributed by atoms with van der Waals surface area (Å²) in [6.07, 6.45) is 2.26. The van der Waals surface area contributed by atoms with Crippen LogP contribution in [0, 0.1) is 0 Å². The van der Waals surface area contributed by atoms with E-state index in [1.807, 2.05) is 0 Å². The number of rotatable bonds is 5. The van der Waals surface area contributed by atoms with Crippen molar-refractivity contribution in [3.05, 3.63) is 0 Å². The summed E-state index contributed by atoms with van der Waals surface area (Å²) in [6, 6.07) is 0. The predicted molar refractivity (Wildman–Crippen MR) is 50.3 cm³/mol. The monoisotopic (exact) mass is 226 g/mol. The Kier molecular flexibility index (Phi) is 5.19. The van der Waals surface area contributed by atoms with Gasteiger partial charge in [0.05, 0.1) is 18.5 Å². The van der Waals surface area contributed by atoms with Crippen LogP contribution < -0.4 is 0 Å². The number of aliphatic hydroxyl groups is 1. The smallest absolute Gasteiger partial charge is 0.361 e. The molecule has 0 spiro atoms. The van der Waals surface area contributed by atoms with E-state index < -0.39 is 23.3 Å². The van der Waals surface area contributed by atoms with Crippen LogP contribution in [0.5, 0.6) is 0 Å². The number of carboxylic acids is 1. The summed E-state index contributed by atoms with van der Waals surface area (Å²) in [7, 11) is 0. The van der Waals surface area contributed by atoms with Gasteiger partial charge in [-0.1, -0.05) is 0 Å². The molecular formula is C6H10O5S2. The molecule has 1 unspecified atom stereocenters. The first-order chi connectivity index (χ1) is 5.96. The summed E-state index contributed by atoms with van der Waals surface area (Å²) >= 11 is 1.50. The van der Waals surface area contributed by atoms with Crippen LogP contribution in [0.1, 0.15) is 6.42 Å². The summed E-state index contributed by atoms with van der Waals surface area (Å²) in [5.41, 5.74) is 0. The van der Waals surface area contributed by atoms with E-state index in [0.29, 0.717) is 0 Å². The zero-order valence-corrected chi connectivity index (χ0v) is 8.78. The molecule has 0 radical (unpaired) electrons. The number of carbonyl (C=O) groups excluding carboxylic acids is 1. The standard InChI is InChI=1S/C6H10O5S2/c1-12-6(10,3-4(7)8)5(9)11-13-2/h10H,3H2,1-2H3,(H,7,8). The summed E-state index contributed by atoms with van der Waals surface area (Å²) in [5, 5.41) is 17.9. The molecule has 0 aliphatic carbocycles. The highest BCUT2D eigenvalue weighted by atomic mass is 32.2. The van der Waals surface area contributed by atoms with E-state index >= 15 is 0 Å². The van der Waals surface area contributed by atoms with Crippen molar-refractivity contribution in [3.8, 4) is 0 Å². The fourth-order valence-corrected chi connectivity index (χ4v) is 1.39. The number of hydrogen-bond acceptors (Lipinski definition) is 6. The van der Waals surface area contributed by atoms with Crippen molar-refractivity contribution in [2.24, 2.45) is 0 Å². The van der Waals surface area contributed by atoms with E-state index in [2.05, 4.69) is 4.18 Å². The van der Waals surface area contributed by atoms with Crippen molar-refractivity contribution in [1.29, 1.82) is 0 Å². The molecule has 0 fully saturated rings. The second-order valence-corrected chi connectivity index (χ2v) is 3.68. The number of aliphatic carboxylic acids is 1. The van der Waals surface area contributed by atoms with Crippen molar-refractivity contribution in [2.75, 3.05) is 12.5 Å². The third-order valence-corrected chi connectivity index (χ3v) is 2.51. The van der Waals surface area contributed by atoms with E-state index in [-0.39, 0.29) is 0 Å².